The normalized spacial score (nSPS) is 14.3. The minimum Gasteiger partial charge on any atom is -0.373 e. The van der Waals surface area contributed by atoms with Gasteiger partial charge in [0, 0.05) is 6.04 Å². The molecule has 15 heavy (non-hydrogen) atoms. The number of halogens is 4. The van der Waals surface area contributed by atoms with Crippen LogP contribution in [0.4, 0.5) is 17.6 Å². The quantitative estimate of drug-likeness (QED) is 0.511. The van der Waals surface area contributed by atoms with Crippen LogP contribution in [0.1, 0.15) is 12.8 Å². The smallest absolute Gasteiger partial charge is 0.330 e. The molecule has 0 spiro atoms. The van der Waals surface area contributed by atoms with E-state index in [9.17, 15) is 17.6 Å². The molecule has 0 aliphatic heterocycles. The molecule has 0 aliphatic rings. The molecule has 0 saturated heterocycles. The molecule has 2 nitrogen and oxygen atoms in total. The summed E-state index contributed by atoms with van der Waals surface area (Å²) >= 11 is 0. The van der Waals surface area contributed by atoms with E-state index in [4.69, 9.17) is 5.73 Å². The second-order valence-corrected chi connectivity index (χ2v) is 3.20. The van der Waals surface area contributed by atoms with E-state index in [0.29, 0.717) is 12.8 Å². The van der Waals surface area contributed by atoms with Crippen molar-refractivity contribution < 1.29 is 22.3 Å². The van der Waals surface area contributed by atoms with Crippen LogP contribution in [-0.4, -0.2) is 31.6 Å². The molecule has 0 amide bonds. The van der Waals surface area contributed by atoms with Crippen LogP contribution in [0.5, 0.6) is 0 Å². The first kappa shape index (κ1) is 14.4. The minimum absolute atomic E-state index is 0.157. The maximum Gasteiger partial charge on any atom is 0.330 e. The third kappa shape index (κ3) is 6.46. The van der Waals surface area contributed by atoms with Crippen LogP contribution in [0.2, 0.25) is 0 Å². The molecule has 90 valence electrons. The second kappa shape index (κ2) is 6.79. The first-order chi connectivity index (χ1) is 6.90. The zero-order chi connectivity index (χ0) is 11.9. The number of rotatable bonds is 8. The van der Waals surface area contributed by atoms with E-state index in [0.717, 1.165) is 0 Å². The van der Waals surface area contributed by atoms with Crippen molar-refractivity contribution in [3.63, 3.8) is 0 Å². The van der Waals surface area contributed by atoms with Gasteiger partial charge in [-0.1, -0.05) is 6.08 Å². The molecule has 0 fully saturated rings. The summed E-state index contributed by atoms with van der Waals surface area (Å²) in [5.74, 6) is -4.10. The van der Waals surface area contributed by atoms with Crippen LogP contribution < -0.4 is 5.73 Å². The predicted molar refractivity (Wildman–Crippen MR) is 49.2 cm³/mol. The summed E-state index contributed by atoms with van der Waals surface area (Å²) in [5, 5.41) is 0. The van der Waals surface area contributed by atoms with Gasteiger partial charge in [0.25, 0.3) is 0 Å². The van der Waals surface area contributed by atoms with Crippen LogP contribution in [0, 0.1) is 0 Å². The molecule has 1 unspecified atom stereocenters. The first-order valence-electron chi connectivity index (χ1n) is 4.50. The molecule has 0 radical (unpaired) electrons. The molecule has 6 heteroatoms. The van der Waals surface area contributed by atoms with Gasteiger partial charge in [-0.3, -0.25) is 0 Å². The molecule has 2 N–H and O–H groups in total. The van der Waals surface area contributed by atoms with E-state index in [1.807, 2.05) is 0 Å². The Balaban J connectivity index is 3.64. The maximum absolute atomic E-state index is 12.3. The second-order valence-electron chi connectivity index (χ2n) is 3.20. The highest BCUT2D eigenvalue weighted by Crippen LogP contribution is 2.22. The summed E-state index contributed by atoms with van der Waals surface area (Å²) in [6, 6.07) is -0.434. The lowest BCUT2D eigenvalue weighted by atomic mass is 10.2. The van der Waals surface area contributed by atoms with Gasteiger partial charge in [0.2, 0.25) is 0 Å². The lowest BCUT2D eigenvalue weighted by molar-refractivity contribution is -0.166. The molecule has 0 saturated carbocycles. The zero-order valence-corrected chi connectivity index (χ0v) is 8.27. The van der Waals surface area contributed by atoms with E-state index < -0.39 is 25.0 Å². The average Bonchev–Trinajstić information content (AvgIpc) is 2.14. The lowest BCUT2D eigenvalue weighted by Gasteiger charge is -2.17. The Kier molecular flexibility index (Phi) is 6.51. The van der Waals surface area contributed by atoms with Gasteiger partial charge in [-0.25, -0.2) is 8.78 Å². The van der Waals surface area contributed by atoms with Gasteiger partial charge >= 0.3 is 12.3 Å². The molecule has 0 aliphatic carbocycles. The molecule has 0 bridgehead atoms. The van der Waals surface area contributed by atoms with Gasteiger partial charge in [-0.05, 0) is 12.8 Å². The van der Waals surface area contributed by atoms with E-state index in [-0.39, 0.29) is 6.61 Å². The number of alkyl halides is 4. The molecule has 0 rings (SSSR count). The highest BCUT2D eigenvalue weighted by atomic mass is 19.3. The fourth-order valence-corrected chi connectivity index (χ4v) is 0.825. The Morgan fingerprint density at radius 3 is 2.47 bits per heavy atom. The lowest BCUT2D eigenvalue weighted by Crippen LogP contribution is -2.35. The van der Waals surface area contributed by atoms with Crippen molar-refractivity contribution in [3.05, 3.63) is 12.7 Å². The van der Waals surface area contributed by atoms with E-state index in [1.165, 1.54) is 0 Å². The highest BCUT2D eigenvalue weighted by Gasteiger charge is 2.40. The molecule has 0 aromatic heterocycles. The number of hydrogen-bond donors (Lipinski definition) is 1. The summed E-state index contributed by atoms with van der Waals surface area (Å²) < 4.78 is 52.4. The van der Waals surface area contributed by atoms with Gasteiger partial charge in [0.1, 0.15) is 6.61 Å². The topological polar surface area (TPSA) is 35.2 Å². The fourth-order valence-electron chi connectivity index (χ4n) is 0.825. The maximum atomic E-state index is 12.3. The zero-order valence-electron chi connectivity index (χ0n) is 8.27. The Bertz CT molecular complexity index is 187. The van der Waals surface area contributed by atoms with Crippen molar-refractivity contribution in [1.82, 2.24) is 0 Å². The number of nitrogens with two attached hydrogens (primary N) is 1. The summed E-state index contributed by atoms with van der Waals surface area (Å²) in [6.07, 6.45) is -0.908. The van der Waals surface area contributed by atoms with Gasteiger partial charge in [-0.15, -0.1) is 6.58 Å². The van der Waals surface area contributed by atoms with Crippen molar-refractivity contribution in [1.29, 1.82) is 0 Å². The monoisotopic (exact) mass is 229 g/mol. The fraction of sp³-hybridized carbons (Fsp3) is 0.778. The summed E-state index contributed by atoms with van der Waals surface area (Å²) in [4.78, 5) is 0. The Morgan fingerprint density at radius 1 is 1.40 bits per heavy atom. The van der Waals surface area contributed by atoms with Gasteiger partial charge < -0.3 is 10.5 Å². The van der Waals surface area contributed by atoms with Gasteiger partial charge in [0.05, 0.1) is 6.61 Å². The van der Waals surface area contributed by atoms with Crippen molar-refractivity contribution in [2.45, 2.75) is 31.2 Å². The third-order valence-electron chi connectivity index (χ3n) is 1.69. The summed E-state index contributed by atoms with van der Waals surface area (Å²) in [7, 11) is 0. The summed E-state index contributed by atoms with van der Waals surface area (Å²) in [6.45, 7) is 2.00. The molecule has 0 aromatic carbocycles. The molecule has 0 heterocycles. The largest absolute Gasteiger partial charge is 0.373 e. The molecular formula is C9H15F4NO. The third-order valence-corrected chi connectivity index (χ3v) is 1.69. The van der Waals surface area contributed by atoms with Gasteiger partial charge in [-0.2, -0.15) is 8.78 Å². The summed E-state index contributed by atoms with van der Waals surface area (Å²) in [5.41, 5.74) is 5.46. The van der Waals surface area contributed by atoms with Crippen LogP contribution >= 0.6 is 0 Å². The Labute approximate surface area is 86.1 Å². The van der Waals surface area contributed by atoms with E-state index in [2.05, 4.69) is 11.3 Å². The number of ether oxygens (including phenoxy) is 1. The van der Waals surface area contributed by atoms with Crippen LogP contribution in [0.25, 0.3) is 0 Å². The van der Waals surface area contributed by atoms with E-state index in [1.54, 1.807) is 6.08 Å². The highest BCUT2D eigenvalue weighted by molar-refractivity contribution is 4.72. The number of allylic oxidation sites excluding steroid dienone is 1. The molecule has 1 atom stereocenters. The predicted octanol–water partition coefficient (Wildman–Crippen LogP) is 2.20. The Hall–Kier alpha value is -0.620. The van der Waals surface area contributed by atoms with Crippen molar-refractivity contribution in [2.75, 3.05) is 13.2 Å². The van der Waals surface area contributed by atoms with Crippen LogP contribution in [0.3, 0.4) is 0 Å². The Morgan fingerprint density at radius 2 is 2.00 bits per heavy atom. The van der Waals surface area contributed by atoms with Gasteiger partial charge in [0.15, 0.2) is 0 Å². The average molecular weight is 229 g/mol. The van der Waals surface area contributed by atoms with Crippen molar-refractivity contribution in [3.8, 4) is 0 Å². The minimum atomic E-state index is -4.10. The van der Waals surface area contributed by atoms with Crippen LogP contribution in [0.15, 0.2) is 12.7 Å². The van der Waals surface area contributed by atoms with Crippen molar-refractivity contribution in [2.24, 2.45) is 5.73 Å². The standard InChI is InChI=1S/C9H15F4NO/c1-2-3-4-7(14)5-15-6-9(12,13)8(10)11/h2,7-8H,1,3-6,14H2. The van der Waals surface area contributed by atoms with Crippen LogP contribution in [-0.2, 0) is 4.74 Å². The van der Waals surface area contributed by atoms with Crippen molar-refractivity contribution >= 4 is 0 Å². The number of hydrogen-bond acceptors (Lipinski definition) is 2. The SMILES string of the molecule is C=CCCC(N)COCC(F)(F)C(F)F. The molecule has 0 aromatic rings. The molecular weight excluding hydrogens is 214 g/mol. The first-order valence-corrected chi connectivity index (χ1v) is 4.50. The van der Waals surface area contributed by atoms with E-state index >= 15 is 0 Å².